The van der Waals surface area contributed by atoms with E-state index in [1.165, 1.54) is 22.9 Å². The van der Waals surface area contributed by atoms with Crippen molar-refractivity contribution < 1.29 is 14.8 Å². The summed E-state index contributed by atoms with van der Waals surface area (Å²) in [5, 5.41) is 27.3. The fraction of sp³-hybridized carbons (Fsp3) is 0.0556. The molecule has 2 aromatic carbocycles. The third-order valence-electron chi connectivity index (χ3n) is 3.65. The number of carbonyl (C=O) groups is 1. The number of nitro benzene ring substituents is 1. The van der Waals surface area contributed by atoms with Crippen LogP contribution in [-0.2, 0) is 6.61 Å². The normalized spacial score (nSPS) is 11.0. The molecule has 0 bridgehead atoms. The number of aliphatic hydroxyl groups is 1. The molecule has 0 atom stereocenters. The molecule has 0 saturated heterocycles. The summed E-state index contributed by atoms with van der Waals surface area (Å²) in [7, 11) is 0. The lowest BCUT2D eigenvalue weighted by atomic mass is 10.1. The lowest BCUT2D eigenvalue weighted by Crippen LogP contribution is -1.98. The Morgan fingerprint density at radius 1 is 1.15 bits per heavy atom. The van der Waals surface area contributed by atoms with E-state index in [2.05, 4.69) is 10.3 Å². The standard InChI is InChI=1S/C18H14N4O4/c23-12-15-11-21(20-19-15)16-8-4-14(5-9-16)18(24)10-3-13-1-6-17(7-2-13)22(25)26/h1-11,23H,12H2. The lowest BCUT2D eigenvalue weighted by Gasteiger charge is -2.01. The number of allylic oxidation sites excluding steroid dienone is 1. The zero-order valence-electron chi connectivity index (χ0n) is 13.5. The van der Waals surface area contributed by atoms with Crippen LogP contribution in [0.2, 0.25) is 0 Å². The quantitative estimate of drug-likeness (QED) is 0.316. The van der Waals surface area contributed by atoms with Crippen molar-refractivity contribution in [2.24, 2.45) is 0 Å². The van der Waals surface area contributed by atoms with Crippen molar-refractivity contribution in [1.29, 1.82) is 0 Å². The molecule has 1 heterocycles. The SMILES string of the molecule is O=C(C=Cc1ccc([N+](=O)[O-])cc1)c1ccc(-n2cc(CO)nn2)cc1. The molecule has 0 aliphatic carbocycles. The highest BCUT2D eigenvalue weighted by atomic mass is 16.6. The van der Waals surface area contributed by atoms with E-state index >= 15 is 0 Å². The minimum Gasteiger partial charge on any atom is -0.390 e. The Kier molecular flexibility index (Phi) is 4.95. The summed E-state index contributed by atoms with van der Waals surface area (Å²) in [6.07, 6.45) is 4.62. The van der Waals surface area contributed by atoms with E-state index in [-0.39, 0.29) is 18.1 Å². The first-order chi connectivity index (χ1) is 12.6. The van der Waals surface area contributed by atoms with Gasteiger partial charge in [0, 0.05) is 17.7 Å². The van der Waals surface area contributed by atoms with E-state index < -0.39 is 4.92 Å². The van der Waals surface area contributed by atoms with Gasteiger partial charge < -0.3 is 5.11 Å². The Morgan fingerprint density at radius 2 is 1.85 bits per heavy atom. The number of non-ortho nitro benzene ring substituents is 1. The summed E-state index contributed by atoms with van der Waals surface area (Å²) in [4.78, 5) is 22.4. The van der Waals surface area contributed by atoms with Crippen LogP contribution < -0.4 is 0 Å². The summed E-state index contributed by atoms with van der Waals surface area (Å²) in [5.41, 5.74) is 2.36. The van der Waals surface area contributed by atoms with E-state index in [9.17, 15) is 14.9 Å². The Morgan fingerprint density at radius 3 is 2.42 bits per heavy atom. The van der Waals surface area contributed by atoms with E-state index in [1.807, 2.05) is 0 Å². The average Bonchev–Trinajstić information content (AvgIpc) is 3.16. The molecule has 8 nitrogen and oxygen atoms in total. The van der Waals surface area contributed by atoms with Gasteiger partial charge in [0.2, 0.25) is 0 Å². The highest BCUT2D eigenvalue weighted by molar-refractivity contribution is 6.06. The number of rotatable bonds is 6. The Bertz CT molecular complexity index is 960. The molecule has 0 aliphatic rings. The van der Waals surface area contributed by atoms with Crippen LogP contribution in [-0.4, -0.2) is 30.8 Å². The highest BCUT2D eigenvalue weighted by Gasteiger charge is 2.06. The van der Waals surface area contributed by atoms with E-state index in [4.69, 9.17) is 5.11 Å². The molecule has 1 N–H and O–H groups in total. The van der Waals surface area contributed by atoms with Gasteiger partial charge in [0.25, 0.3) is 5.69 Å². The predicted octanol–water partition coefficient (Wildman–Crippen LogP) is 2.56. The van der Waals surface area contributed by atoms with Gasteiger partial charge in [-0.2, -0.15) is 0 Å². The number of aliphatic hydroxyl groups excluding tert-OH is 1. The number of hydrogen-bond donors (Lipinski definition) is 1. The highest BCUT2D eigenvalue weighted by Crippen LogP contribution is 2.14. The molecule has 130 valence electrons. The van der Waals surface area contributed by atoms with Gasteiger partial charge in [-0.15, -0.1) is 5.10 Å². The van der Waals surface area contributed by atoms with Crippen LogP contribution in [0.5, 0.6) is 0 Å². The van der Waals surface area contributed by atoms with Crippen LogP contribution in [0.4, 0.5) is 5.69 Å². The number of hydrogen-bond acceptors (Lipinski definition) is 6. The molecule has 1 aromatic heterocycles. The van der Waals surface area contributed by atoms with Crippen LogP contribution in [0.15, 0.2) is 60.8 Å². The van der Waals surface area contributed by atoms with Crippen molar-refractivity contribution in [2.45, 2.75) is 6.61 Å². The van der Waals surface area contributed by atoms with Crippen molar-refractivity contribution in [3.8, 4) is 5.69 Å². The van der Waals surface area contributed by atoms with Crippen LogP contribution in [0.25, 0.3) is 11.8 Å². The largest absolute Gasteiger partial charge is 0.390 e. The molecule has 0 saturated carbocycles. The van der Waals surface area contributed by atoms with Gasteiger partial charge >= 0.3 is 0 Å². The molecular formula is C18H14N4O4. The molecule has 0 aliphatic heterocycles. The minimum atomic E-state index is -0.473. The van der Waals surface area contributed by atoms with Gasteiger partial charge in [0.1, 0.15) is 5.69 Å². The Labute approximate surface area is 148 Å². The van der Waals surface area contributed by atoms with Gasteiger partial charge in [-0.1, -0.05) is 11.3 Å². The smallest absolute Gasteiger partial charge is 0.269 e. The molecule has 0 spiro atoms. The van der Waals surface area contributed by atoms with Crippen molar-refractivity contribution in [3.63, 3.8) is 0 Å². The van der Waals surface area contributed by atoms with Gasteiger partial charge in [0.05, 0.1) is 23.4 Å². The van der Waals surface area contributed by atoms with Crippen LogP contribution in [0.3, 0.4) is 0 Å². The maximum absolute atomic E-state index is 12.2. The van der Waals surface area contributed by atoms with Gasteiger partial charge in [-0.3, -0.25) is 14.9 Å². The minimum absolute atomic E-state index is 0.00142. The van der Waals surface area contributed by atoms with Crippen molar-refractivity contribution in [2.75, 3.05) is 0 Å². The van der Waals surface area contributed by atoms with Crippen LogP contribution >= 0.6 is 0 Å². The van der Waals surface area contributed by atoms with Gasteiger partial charge in [-0.25, -0.2) is 4.68 Å². The number of ketones is 1. The fourth-order valence-electron chi connectivity index (χ4n) is 2.25. The Balaban J connectivity index is 1.70. The van der Waals surface area contributed by atoms with E-state index in [0.29, 0.717) is 22.5 Å². The summed E-state index contributed by atoms with van der Waals surface area (Å²) in [5.74, 6) is -0.190. The van der Waals surface area contributed by atoms with E-state index in [1.54, 1.807) is 48.7 Å². The summed E-state index contributed by atoms with van der Waals surface area (Å²) in [6, 6.07) is 12.7. The first kappa shape index (κ1) is 17.2. The first-order valence-electron chi connectivity index (χ1n) is 7.66. The zero-order chi connectivity index (χ0) is 18.5. The fourth-order valence-corrected chi connectivity index (χ4v) is 2.25. The summed E-state index contributed by atoms with van der Waals surface area (Å²) < 4.78 is 1.51. The molecule has 8 heteroatoms. The second-order valence-corrected chi connectivity index (χ2v) is 5.41. The maximum Gasteiger partial charge on any atom is 0.269 e. The number of benzene rings is 2. The summed E-state index contributed by atoms with van der Waals surface area (Å²) >= 11 is 0. The second-order valence-electron chi connectivity index (χ2n) is 5.41. The van der Waals surface area contributed by atoms with Crippen molar-refractivity contribution in [3.05, 3.63) is 87.7 Å². The maximum atomic E-state index is 12.2. The first-order valence-corrected chi connectivity index (χ1v) is 7.66. The molecule has 0 fully saturated rings. The van der Waals surface area contributed by atoms with E-state index in [0.717, 1.165) is 0 Å². The molecule has 0 unspecified atom stereocenters. The number of carbonyl (C=O) groups excluding carboxylic acids is 1. The number of nitrogens with zero attached hydrogens (tertiary/aromatic N) is 4. The summed E-state index contributed by atoms with van der Waals surface area (Å²) in [6.45, 7) is -0.190. The average molecular weight is 350 g/mol. The number of aromatic nitrogens is 3. The Hall–Kier alpha value is -3.65. The van der Waals surface area contributed by atoms with Crippen molar-refractivity contribution in [1.82, 2.24) is 15.0 Å². The lowest BCUT2D eigenvalue weighted by molar-refractivity contribution is -0.384. The molecule has 26 heavy (non-hydrogen) atoms. The monoisotopic (exact) mass is 350 g/mol. The van der Waals surface area contributed by atoms with Crippen LogP contribution in [0, 0.1) is 10.1 Å². The molecule has 3 rings (SSSR count). The molecular weight excluding hydrogens is 336 g/mol. The zero-order valence-corrected chi connectivity index (χ0v) is 13.5. The number of nitro groups is 1. The second kappa shape index (κ2) is 7.49. The molecule has 3 aromatic rings. The third-order valence-corrected chi connectivity index (χ3v) is 3.65. The van der Waals surface area contributed by atoms with Crippen molar-refractivity contribution >= 4 is 17.5 Å². The van der Waals surface area contributed by atoms with Crippen LogP contribution in [0.1, 0.15) is 21.6 Å². The van der Waals surface area contributed by atoms with Gasteiger partial charge in [0.15, 0.2) is 5.78 Å². The topological polar surface area (TPSA) is 111 Å². The third kappa shape index (κ3) is 3.87. The van der Waals surface area contributed by atoms with Gasteiger partial charge in [-0.05, 0) is 48.0 Å². The predicted molar refractivity (Wildman–Crippen MR) is 93.7 cm³/mol. The molecule has 0 amide bonds. The molecule has 0 radical (unpaired) electrons.